The molecule has 1 nitrogen and oxygen atoms in total. The van der Waals surface area contributed by atoms with Gasteiger partial charge in [-0.25, -0.2) is 0 Å². The molecule has 1 aliphatic carbocycles. The summed E-state index contributed by atoms with van der Waals surface area (Å²) in [5.41, 5.74) is 0.297. The Labute approximate surface area is 76.2 Å². The average molecular weight is 170 g/mol. The zero-order valence-electron chi connectivity index (χ0n) is 8.47. The summed E-state index contributed by atoms with van der Waals surface area (Å²) in [6, 6.07) is 0. The van der Waals surface area contributed by atoms with Gasteiger partial charge in [-0.2, -0.15) is 0 Å². The largest absolute Gasteiger partial charge is 0.396 e. The highest BCUT2D eigenvalue weighted by Crippen LogP contribution is 2.41. The SMILES string of the molecule is CCC1CCC(CC)(CO)CC1. The van der Waals surface area contributed by atoms with Gasteiger partial charge in [-0.05, 0) is 43.4 Å². The zero-order valence-corrected chi connectivity index (χ0v) is 8.47. The van der Waals surface area contributed by atoms with Crippen molar-refractivity contribution >= 4 is 0 Å². The highest BCUT2D eigenvalue weighted by Gasteiger charge is 2.32. The molecule has 0 heterocycles. The van der Waals surface area contributed by atoms with Crippen LogP contribution >= 0.6 is 0 Å². The van der Waals surface area contributed by atoms with Crippen molar-refractivity contribution in [2.24, 2.45) is 11.3 Å². The second kappa shape index (κ2) is 4.27. The quantitative estimate of drug-likeness (QED) is 0.690. The maximum Gasteiger partial charge on any atom is 0.0487 e. The van der Waals surface area contributed by atoms with Gasteiger partial charge in [0, 0.05) is 6.61 Å². The molecule has 1 rings (SSSR count). The fraction of sp³-hybridized carbons (Fsp3) is 1.00. The summed E-state index contributed by atoms with van der Waals surface area (Å²) in [6.07, 6.45) is 7.65. The number of aliphatic hydroxyl groups is 1. The van der Waals surface area contributed by atoms with Gasteiger partial charge in [0.2, 0.25) is 0 Å². The molecule has 0 atom stereocenters. The summed E-state index contributed by atoms with van der Waals surface area (Å²) < 4.78 is 0. The molecule has 0 aromatic rings. The van der Waals surface area contributed by atoms with Gasteiger partial charge in [0.15, 0.2) is 0 Å². The first-order chi connectivity index (χ1) is 5.76. The molecule has 0 aromatic heterocycles. The Kier molecular flexibility index (Phi) is 3.57. The van der Waals surface area contributed by atoms with E-state index in [1.165, 1.54) is 32.1 Å². The fourth-order valence-corrected chi connectivity index (χ4v) is 2.32. The van der Waals surface area contributed by atoms with Crippen molar-refractivity contribution in [3.63, 3.8) is 0 Å². The predicted octanol–water partition coefficient (Wildman–Crippen LogP) is 2.98. The normalized spacial score (nSPS) is 36.8. The monoisotopic (exact) mass is 170 g/mol. The molecule has 0 radical (unpaired) electrons. The van der Waals surface area contributed by atoms with E-state index < -0.39 is 0 Å². The molecular weight excluding hydrogens is 148 g/mol. The van der Waals surface area contributed by atoms with E-state index in [2.05, 4.69) is 13.8 Å². The summed E-state index contributed by atoms with van der Waals surface area (Å²) >= 11 is 0. The van der Waals surface area contributed by atoms with Crippen molar-refractivity contribution in [3.8, 4) is 0 Å². The molecule has 1 aliphatic rings. The summed E-state index contributed by atoms with van der Waals surface area (Å²) in [4.78, 5) is 0. The molecular formula is C11H22O. The van der Waals surface area contributed by atoms with Gasteiger partial charge in [0.1, 0.15) is 0 Å². The Morgan fingerprint density at radius 2 is 1.83 bits per heavy atom. The standard InChI is InChI=1S/C11H22O/c1-3-10-5-7-11(4-2,9-12)8-6-10/h10,12H,3-9H2,1-2H3. The van der Waals surface area contributed by atoms with Gasteiger partial charge in [-0.1, -0.05) is 20.3 Å². The lowest BCUT2D eigenvalue weighted by Gasteiger charge is -2.38. The predicted molar refractivity (Wildman–Crippen MR) is 52.1 cm³/mol. The second-order valence-electron chi connectivity index (χ2n) is 4.36. The maximum atomic E-state index is 9.30. The van der Waals surface area contributed by atoms with E-state index in [4.69, 9.17) is 0 Å². The Bertz CT molecular complexity index is 117. The van der Waals surface area contributed by atoms with Gasteiger partial charge in [-0.3, -0.25) is 0 Å². The van der Waals surface area contributed by atoms with Crippen LogP contribution < -0.4 is 0 Å². The van der Waals surface area contributed by atoms with E-state index in [-0.39, 0.29) is 0 Å². The minimum absolute atomic E-state index is 0.297. The molecule has 0 amide bonds. The van der Waals surface area contributed by atoms with E-state index in [1.54, 1.807) is 0 Å². The molecule has 0 aromatic carbocycles. The zero-order chi connectivity index (χ0) is 9.03. The highest BCUT2D eigenvalue weighted by atomic mass is 16.3. The molecule has 0 unspecified atom stereocenters. The summed E-state index contributed by atoms with van der Waals surface area (Å²) in [5, 5.41) is 9.30. The first kappa shape index (κ1) is 10.0. The Balaban J connectivity index is 2.42. The van der Waals surface area contributed by atoms with Crippen LogP contribution in [0.2, 0.25) is 0 Å². The molecule has 0 spiro atoms. The van der Waals surface area contributed by atoms with Crippen LogP contribution in [0.5, 0.6) is 0 Å². The minimum atomic E-state index is 0.297. The van der Waals surface area contributed by atoms with Crippen LogP contribution in [-0.2, 0) is 0 Å². The summed E-state index contributed by atoms with van der Waals surface area (Å²) in [5.74, 6) is 0.941. The molecule has 1 heteroatoms. The van der Waals surface area contributed by atoms with E-state index in [1.807, 2.05) is 0 Å². The van der Waals surface area contributed by atoms with Gasteiger partial charge < -0.3 is 5.11 Å². The number of hydrogen-bond acceptors (Lipinski definition) is 1. The third-order valence-corrected chi connectivity index (χ3v) is 3.83. The van der Waals surface area contributed by atoms with Gasteiger partial charge in [0.25, 0.3) is 0 Å². The topological polar surface area (TPSA) is 20.2 Å². The van der Waals surface area contributed by atoms with Gasteiger partial charge in [0.05, 0.1) is 0 Å². The van der Waals surface area contributed by atoms with E-state index in [0.29, 0.717) is 12.0 Å². The van der Waals surface area contributed by atoms with Crippen LogP contribution in [0.3, 0.4) is 0 Å². The molecule has 1 N–H and O–H groups in total. The highest BCUT2D eigenvalue weighted by molar-refractivity contribution is 4.83. The van der Waals surface area contributed by atoms with Crippen LogP contribution in [0.4, 0.5) is 0 Å². The first-order valence-corrected chi connectivity index (χ1v) is 5.37. The summed E-state index contributed by atoms with van der Waals surface area (Å²) in [6.45, 7) is 4.89. The van der Waals surface area contributed by atoms with Crippen molar-refractivity contribution in [1.82, 2.24) is 0 Å². The molecule has 1 fully saturated rings. The minimum Gasteiger partial charge on any atom is -0.396 e. The molecule has 1 saturated carbocycles. The van der Waals surface area contributed by atoms with Crippen molar-refractivity contribution in [2.45, 2.75) is 52.4 Å². The maximum absolute atomic E-state index is 9.30. The number of hydrogen-bond donors (Lipinski definition) is 1. The summed E-state index contributed by atoms with van der Waals surface area (Å²) in [7, 11) is 0. The van der Waals surface area contributed by atoms with Crippen molar-refractivity contribution in [3.05, 3.63) is 0 Å². The van der Waals surface area contributed by atoms with Crippen LogP contribution in [0.25, 0.3) is 0 Å². The van der Waals surface area contributed by atoms with Crippen molar-refractivity contribution < 1.29 is 5.11 Å². The second-order valence-corrected chi connectivity index (χ2v) is 4.36. The van der Waals surface area contributed by atoms with E-state index in [0.717, 1.165) is 12.3 Å². The van der Waals surface area contributed by atoms with E-state index in [9.17, 15) is 5.11 Å². The first-order valence-electron chi connectivity index (χ1n) is 5.37. The molecule has 72 valence electrons. The van der Waals surface area contributed by atoms with E-state index >= 15 is 0 Å². The van der Waals surface area contributed by atoms with Crippen LogP contribution in [0, 0.1) is 11.3 Å². The Hall–Kier alpha value is -0.0400. The lowest BCUT2D eigenvalue weighted by atomic mass is 9.69. The van der Waals surface area contributed by atoms with Gasteiger partial charge >= 0.3 is 0 Å². The third-order valence-electron chi connectivity index (χ3n) is 3.83. The number of aliphatic hydroxyl groups excluding tert-OH is 1. The van der Waals surface area contributed by atoms with Crippen molar-refractivity contribution in [1.29, 1.82) is 0 Å². The fourth-order valence-electron chi connectivity index (χ4n) is 2.32. The Morgan fingerprint density at radius 1 is 1.25 bits per heavy atom. The molecule has 0 aliphatic heterocycles. The lowest BCUT2D eigenvalue weighted by Crippen LogP contribution is -2.30. The molecule has 0 saturated heterocycles. The van der Waals surface area contributed by atoms with Crippen molar-refractivity contribution in [2.75, 3.05) is 6.61 Å². The third kappa shape index (κ3) is 2.01. The Morgan fingerprint density at radius 3 is 2.17 bits per heavy atom. The van der Waals surface area contributed by atoms with Crippen LogP contribution in [0.15, 0.2) is 0 Å². The van der Waals surface area contributed by atoms with Gasteiger partial charge in [-0.15, -0.1) is 0 Å². The smallest absolute Gasteiger partial charge is 0.0487 e. The van der Waals surface area contributed by atoms with Crippen LogP contribution in [-0.4, -0.2) is 11.7 Å². The molecule has 12 heavy (non-hydrogen) atoms. The van der Waals surface area contributed by atoms with Crippen LogP contribution in [0.1, 0.15) is 52.4 Å². The lowest BCUT2D eigenvalue weighted by molar-refractivity contribution is 0.0598. The molecule has 0 bridgehead atoms. The number of rotatable bonds is 3. The average Bonchev–Trinajstić information content (AvgIpc) is 2.18.